The third kappa shape index (κ3) is 4.07. The van der Waals surface area contributed by atoms with Gasteiger partial charge in [0.15, 0.2) is 0 Å². The molecule has 1 aliphatic rings. The number of aliphatic carboxylic acids is 1. The largest absolute Gasteiger partial charge is 0.481 e. The van der Waals surface area contributed by atoms with Crippen molar-refractivity contribution >= 4 is 17.9 Å². The minimum Gasteiger partial charge on any atom is -0.481 e. The molecule has 120 valence electrons. The zero-order chi connectivity index (χ0) is 16.2. The highest BCUT2D eigenvalue weighted by atomic mass is 16.5. The van der Waals surface area contributed by atoms with E-state index in [0.717, 1.165) is 0 Å². The summed E-state index contributed by atoms with van der Waals surface area (Å²) in [6.45, 7) is 5.74. The lowest BCUT2D eigenvalue weighted by Gasteiger charge is -2.31. The second-order valence-electron chi connectivity index (χ2n) is 5.74. The van der Waals surface area contributed by atoms with E-state index in [1.807, 2.05) is 0 Å². The maximum Gasteiger partial charge on any atom is 0.317 e. The Hall–Kier alpha value is -1.83. The fraction of sp³-hybridized carbons (Fsp3) is 0.769. The van der Waals surface area contributed by atoms with Crippen LogP contribution in [0.25, 0.3) is 0 Å². The normalized spacial score (nSPS) is 21.9. The highest BCUT2D eigenvalue weighted by Gasteiger charge is 2.39. The maximum absolute atomic E-state index is 12.2. The number of ether oxygens (including phenoxy) is 1. The summed E-state index contributed by atoms with van der Waals surface area (Å²) in [5.74, 6) is -2.24. The predicted molar refractivity (Wildman–Crippen MR) is 74.5 cm³/mol. The van der Waals surface area contributed by atoms with Crippen molar-refractivity contribution in [3.63, 3.8) is 0 Å². The zero-order valence-electron chi connectivity index (χ0n) is 12.6. The summed E-state index contributed by atoms with van der Waals surface area (Å²) in [4.78, 5) is 36.0. The molecule has 0 aromatic heterocycles. The zero-order valence-corrected chi connectivity index (χ0v) is 12.6. The Morgan fingerprint density at radius 2 is 2.00 bits per heavy atom. The lowest BCUT2D eigenvalue weighted by Crippen LogP contribution is -2.53. The van der Waals surface area contributed by atoms with Crippen LogP contribution in [0.3, 0.4) is 0 Å². The van der Waals surface area contributed by atoms with E-state index in [9.17, 15) is 14.4 Å². The summed E-state index contributed by atoms with van der Waals surface area (Å²) in [6.07, 6.45) is 0. The second kappa shape index (κ2) is 6.75. The molecule has 3 amide bonds. The molecule has 8 heteroatoms. The van der Waals surface area contributed by atoms with Gasteiger partial charge in [-0.2, -0.15) is 0 Å². The molecule has 1 saturated heterocycles. The molecule has 8 nitrogen and oxygen atoms in total. The van der Waals surface area contributed by atoms with E-state index in [2.05, 4.69) is 5.32 Å². The van der Waals surface area contributed by atoms with Crippen molar-refractivity contribution < 1.29 is 24.2 Å². The number of hydrogen-bond acceptors (Lipinski definition) is 4. The van der Waals surface area contributed by atoms with E-state index >= 15 is 0 Å². The molecule has 2 atom stereocenters. The highest BCUT2D eigenvalue weighted by Crippen LogP contribution is 2.20. The van der Waals surface area contributed by atoms with E-state index in [1.165, 1.54) is 4.90 Å². The highest BCUT2D eigenvalue weighted by molar-refractivity contribution is 5.82. The van der Waals surface area contributed by atoms with E-state index < -0.39 is 35.3 Å². The van der Waals surface area contributed by atoms with Crippen LogP contribution in [-0.4, -0.2) is 60.3 Å². The summed E-state index contributed by atoms with van der Waals surface area (Å²) < 4.78 is 5.17. The van der Waals surface area contributed by atoms with Gasteiger partial charge in [0, 0.05) is 13.1 Å². The van der Waals surface area contributed by atoms with Gasteiger partial charge in [-0.25, -0.2) is 4.79 Å². The average molecular weight is 301 g/mol. The van der Waals surface area contributed by atoms with E-state index in [4.69, 9.17) is 15.6 Å². The number of carbonyl (C=O) groups is 3. The summed E-state index contributed by atoms with van der Waals surface area (Å²) in [5, 5.41) is 11.8. The Morgan fingerprint density at radius 3 is 2.48 bits per heavy atom. The van der Waals surface area contributed by atoms with Gasteiger partial charge in [0.2, 0.25) is 5.91 Å². The minimum absolute atomic E-state index is 0.0863. The van der Waals surface area contributed by atoms with Crippen molar-refractivity contribution in [1.82, 2.24) is 10.2 Å². The summed E-state index contributed by atoms with van der Waals surface area (Å²) in [7, 11) is 0. The third-order valence-electron chi connectivity index (χ3n) is 3.72. The van der Waals surface area contributed by atoms with Crippen LogP contribution in [0.2, 0.25) is 0 Å². The maximum atomic E-state index is 12.2. The van der Waals surface area contributed by atoms with Crippen molar-refractivity contribution in [1.29, 1.82) is 0 Å². The van der Waals surface area contributed by atoms with Gasteiger partial charge in [-0.3, -0.25) is 9.59 Å². The first-order valence-electron chi connectivity index (χ1n) is 6.85. The fourth-order valence-electron chi connectivity index (χ4n) is 2.10. The third-order valence-corrected chi connectivity index (χ3v) is 3.72. The number of rotatable bonds is 6. The number of primary amides is 1. The first-order valence-corrected chi connectivity index (χ1v) is 6.85. The Morgan fingerprint density at radius 1 is 1.38 bits per heavy atom. The second-order valence-corrected chi connectivity index (χ2v) is 5.74. The molecular weight excluding hydrogens is 278 g/mol. The first-order chi connectivity index (χ1) is 9.70. The number of nitrogens with two attached hydrogens (primary N) is 1. The standard InChI is InChI=1S/C13H23N3O5/c1-4-16(9-6-21-5-8(9)10(17)18)12(20)15-7-13(2,3)11(14)19/h8-9H,4-7H2,1-3H3,(H2,14,19)(H,15,20)(H,17,18). The van der Waals surface area contributed by atoms with E-state index in [0.29, 0.717) is 6.54 Å². The molecule has 0 bridgehead atoms. The Kier molecular flexibility index (Phi) is 5.54. The van der Waals surface area contributed by atoms with Crippen LogP contribution in [0.4, 0.5) is 4.79 Å². The molecule has 1 rings (SSSR count). The van der Waals surface area contributed by atoms with E-state index in [1.54, 1.807) is 20.8 Å². The molecule has 0 aromatic rings. The Bertz CT molecular complexity index is 424. The molecule has 0 aliphatic carbocycles. The molecule has 0 aromatic carbocycles. The SMILES string of the molecule is CCN(C(=O)NCC(C)(C)C(N)=O)C1COCC1C(=O)O. The lowest BCUT2D eigenvalue weighted by molar-refractivity contribution is -0.142. The molecule has 1 heterocycles. The van der Waals surface area contributed by atoms with Crippen LogP contribution < -0.4 is 11.1 Å². The van der Waals surface area contributed by atoms with Gasteiger partial charge in [-0.05, 0) is 20.8 Å². The van der Waals surface area contributed by atoms with Crippen molar-refractivity contribution in [2.75, 3.05) is 26.3 Å². The number of carboxylic acid groups (broad SMARTS) is 1. The number of urea groups is 1. The van der Waals surface area contributed by atoms with Crippen molar-refractivity contribution in [2.45, 2.75) is 26.8 Å². The van der Waals surface area contributed by atoms with Crippen LogP contribution in [0, 0.1) is 11.3 Å². The molecular formula is C13H23N3O5. The Labute approximate surface area is 123 Å². The van der Waals surface area contributed by atoms with Gasteiger partial charge in [0.05, 0.1) is 24.7 Å². The molecule has 4 N–H and O–H groups in total. The van der Waals surface area contributed by atoms with Gasteiger partial charge in [-0.15, -0.1) is 0 Å². The van der Waals surface area contributed by atoms with Crippen molar-refractivity contribution in [3.05, 3.63) is 0 Å². The van der Waals surface area contributed by atoms with Crippen LogP contribution in [0.1, 0.15) is 20.8 Å². The molecule has 0 radical (unpaired) electrons. The van der Waals surface area contributed by atoms with Crippen LogP contribution in [0.5, 0.6) is 0 Å². The minimum atomic E-state index is -0.985. The molecule has 0 spiro atoms. The van der Waals surface area contributed by atoms with Gasteiger partial charge in [0.1, 0.15) is 5.92 Å². The number of nitrogens with zero attached hydrogens (tertiary/aromatic N) is 1. The molecule has 0 saturated carbocycles. The van der Waals surface area contributed by atoms with E-state index in [-0.39, 0.29) is 19.8 Å². The Balaban J connectivity index is 2.69. The smallest absolute Gasteiger partial charge is 0.317 e. The number of carbonyl (C=O) groups excluding carboxylic acids is 2. The van der Waals surface area contributed by atoms with Gasteiger partial charge >= 0.3 is 12.0 Å². The lowest BCUT2D eigenvalue weighted by atomic mass is 9.93. The number of likely N-dealkylation sites (N-methyl/N-ethyl adjacent to an activating group) is 1. The number of nitrogens with one attached hydrogen (secondary N) is 1. The fourth-order valence-corrected chi connectivity index (χ4v) is 2.10. The first kappa shape index (κ1) is 17.2. The molecule has 1 aliphatic heterocycles. The number of carboxylic acids is 1. The molecule has 1 fully saturated rings. The summed E-state index contributed by atoms with van der Waals surface area (Å²) >= 11 is 0. The van der Waals surface area contributed by atoms with Gasteiger partial charge in [0.25, 0.3) is 0 Å². The summed E-state index contributed by atoms with van der Waals surface area (Å²) in [6, 6.07) is -0.933. The van der Waals surface area contributed by atoms with Crippen LogP contribution >= 0.6 is 0 Å². The number of hydrogen-bond donors (Lipinski definition) is 3. The van der Waals surface area contributed by atoms with Crippen LogP contribution in [0.15, 0.2) is 0 Å². The van der Waals surface area contributed by atoms with Gasteiger partial charge in [-0.1, -0.05) is 0 Å². The monoisotopic (exact) mass is 301 g/mol. The topological polar surface area (TPSA) is 122 Å². The van der Waals surface area contributed by atoms with Crippen molar-refractivity contribution in [3.8, 4) is 0 Å². The summed E-state index contributed by atoms with van der Waals surface area (Å²) in [5.41, 5.74) is 4.38. The van der Waals surface area contributed by atoms with Crippen LogP contribution in [-0.2, 0) is 14.3 Å². The predicted octanol–water partition coefficient (Wildman–Crippen LogP) is -0.371. The average Bonchev–Trinajstić information content (AvgIpc) is 2.86. The number of amides is 3. The van der Waals surface area contributed by atoms with Gasteiger partial charge < -0.3 is 25.8 Å². The molecule has 21 heavy (non-hydrogen) atoms. The molecule has 2 unspecified atom stereocenters. The van der Waals surface area contributed by atoms with Crippen molar-refractivity contribution in [2.24, 2.45) is 17.1 Å². The quantitative estimate of drug-likeness (QED) is 0.618.